The van der Waals surface area contributed by atoms with Crippen LogP contribution in [0.3, 0.4) is 0 Å². The van der Waals surface area contributed by atoms with E-state index < -0.39 is 24.0 Å². The van der Waals surface area contributed by atoms with Gasteiger partial charge in [-0.05, 0) is 6.42 Å². The molecule has 0 aromatic carbocycles. The number of carbonyl (C=O) groups excluding carboxylic acids is 3. The van der Waals surface area contributed by atoms with E-state index in [-0.39, 0.29) is 30.6 Å². The van der Waals surface area contributed by atoms with Gasteiger partial charge < -0.3 is 15.2 Å². The minimum Gasteiger partial charge on any atom is -0.356 e. The highest BCUT2D eigenvalue weighted by Gasteiger charge is 2.23. The SMILES string of the molecule is O=C(CNC(=O)c1cc(C(F)F)on1)NNCC1CCNC1=O. The van der Waals surface area contributed by atoms with Crippen molar-refractivity contribution in [3.8, 4) is 0 Å². The molecule has 1 aliphatic rings. The predicted molar refractivity (Wildman–Crippen MR) is 71.1 cm³/mol. The summed E-state index contributed by atoms with van der Waals surface area (Å²) < 4.78 is 28.8. The van der Waals surface area contributed by atoms with Crippen LogP contribution in [-0.2, 0) is 9.59 Å². The summed E-state index contributed by atoms with van der Waals surface area (Å²) in [5.41, 5.74) is 4.56. The average molecular weight is 331 g/mol. The topological polar surface area (TPSA) is 125 Å². The zero-order valence-electron chi connectivity index (χ0n) is 11.9. The van der Waals surface area contributed by atoms with Gasteiger partial charge in [0.2, 0.25) is 11.7 Å². The molecule has 3 amide bonds. The van der Waals surface area contributed by atoms with Crippen molar-refractivity contribution >= 4 is 17.7 Å². The fourth-order valence-electron chi connectivity index (χ4n) is 1.91. The maximum absolute atomic E-state index is 12.3. The van der Waals surface area contributed by atoms with E-state index >= 15 is 0 Å². The Bertz CT molecular complexity index is 592. The second-order valence-corrected chi connectivity index (χ2v) is 4.80. The molecule has 1 atom stereocenters. The molecule has 1 aliphatic heterocycles. The van der Waals surface area contributed by atoms with Gasteiger partial charge in [-0.2, -0.15) is 0 Å². The fraction of sp³-hybridized carbons (Fsp3) is 0.500. The zero-order valence-corrected chi connectivity index (χ0v) is 11.9. The van der Waals surface area contributed by atoms with E-state index in [1.54, 1.807) is 0 Å². The quantitative estimate of drug-likeness (QED) is 0.480. The van der Waals surface area contributed by atoms with Crippen LogP contribution < -0.4 is 21.5 Å². The van der Waals surface area contributed by atoms with Gasteiger partial charge in [0.1, 0.15) is 0 Å². The smallest absolute Gasteiger partial charge is 0.298 e. The van der Waals surface area contributed by atoms with Gasteiger partial charge in [0.15, 0.2) is 5.69 Å². The average Bonchev–Trinajstić information content (AvgIpc) is 3.14. The number of hydrogen-bond acceptors (Lipinski definition) is 6. The van der Waals surface area contributed by atoms with Gasteiger partial charge in [-0.3, -0.25) is 19.8 Å². The Morgan fingerprint density at radius 2 is 2.26 bits per heavy atom. The Labute approximate surface area is 129 Å². The van der Waals surface area contributed by atoms with Crippen LogP contribution in [0.1, 0.15) is 29.1 Å². The van der Waals surface area contributed by atoms with Gasteiger partial charge in [0.05, 0.1) is 12.5 Å². The lowest BCUT2D eigenvalue weighted by Crippen LogP contribution is -2.46. The van der Waals surface area contributed by atoms with Gasteiger partial charge >= 0.3 is 0 Å². The molecule has 1 fully saturated rings. The molecule has 2 rings (SSSR count). The van der Waals surface area contributed by atoms with Crippen LogP contribution in [0.4, 0.5) is 8.78 Å². The van der Waals surface area contributed by atoms with Gasteiger partial charge in [-0.15, -0.1) is 0 Å². The van der Waals surface area contributed by atoms with Crippen LogP contribution >= 0.6 is 0 Å². The Morgan fingerprint density at radius 3 is 2.87 bits per heavy atom. The van der Waals surface area contributed by atoms with Crippen molar-refractivity contribution in [3.63, 3.8) is 0 Å². The molecule has 9 nitrogen and oxygen atoms in total. The summed E-state index contributed by atoms with van der Waals surface area (Å²) in [6, 6.07) is 0.800. The largest absolute Gasteiger partial charge is 0.356 e. The van der Waals surface area contributed by atoms with Gasteiger partial charge in [0, 0.05) is 19.2 Å². The van der Waals surface area contributed by atoms with Crippen molar-refractivity contribution in [3.05, 3.63) is 17.5 Å². The number of alkyl halides is 2. The first kappa shape index (κ1) is 16.8. The first-order chi connectivity index (χ1) is 11.0. The lowest BCUT2D eigenvalue weighted by Gasteiger charge is -2.10. The molecule has 11 heteroatoms. The minimum atomic E-state index is -2.87. The van der Waals surface area contributed by atoms with E-state index in [4.69, 9.17) is 0 Å². The molecule has 0 bridgehead atoms. The fourth-order valence-corrected chi connectivity index (χ4v) is 1.91. The maximum atomic E-state index is 12.3. The molecule has 1 aromatic heterocycles. The third-order valence-corrected chi connectivity index (χ3v) is 3.12. The number of carbonyl (C=O) groups is 3. The third kappa shape index (κ3) is 4.71. The van der Waals surface area contributed by atoms with Gasteiger partial charge in [-0.1, -0.05) is 5.16 Å². The van der Waals surface area contributed by atoms with Crippen molar-refractivity contribution < 1.29 is 27.7 Å². The van der Waals surface area contributed by atoms with Crippen molar-refractivity contribution in [2.45, 2.75) is 12.8 Å². The summed E-state index contributed by atoms with van der Waals surface area (Å²) in [5.74, 6) is -2.40. The Hall–Kier alpha value is -2.56. The molecule has 0 aliphatic carbocycles. The number of amides is 3. The van der Waals surface area contributed by atoms with E-state index in [0.717, 1.165) is 6.07 Å². The highest BCUT2D eigenvalue weighted by Crippen LogP contribution is 2.18. The summed E-state index contributed by atoms with van der Waals surface area (Å²) >= 11 is 0. The molecule has 0 spiro atoms. The Balaban J connectivity index is 1.67. The van der Waals surface area contributed by atoms with Crippen LogP contribution in [0.2, 0.25) is 0 Å². The molecule has 4 N–H and O–H groups in total. The highest BCUT2D eigenvalue weighted by molar-refractivity contribution is 5.94. The molecule has 1 saturated heterocycles. The van der Waals surface area contributed by atoms with Crippen molar-refractivity contribution in [2.24, 2.45) is 5.92 Å². The van der Waals surface area contributed by atoms with Gasteiger partial charge in [0.25, 0.3) is 18.2 Å². The molecule has 0 saturated carbocycles. The third-order valence-electron chi connectivity index (χ3n) is 3.12. The van der Waals surface area contributed by atoms with Crippen LogP contribution in [0, 0.1) is 5.92 Å². The summed E-state index contributed by atoms with van der Waals surface area (Å²) in [7, 11) is 0. The zero-order chi connectivity index (χ0) is 16.8. The summed E-state index contributed by atoms with van der Waals surface area (Å²) in [4.78, 5) is 34.4. The standard InChI is InChI=1S/C12H15F2N5O4/c13-10(14)8-3-7(19-23-8)12(22)16-5-9(20)18-17-4-6-1-2-15-11(6)21/h3,6,10,17H,1-2,4-5H2,(H,15,21)(H,16,22)(H,18,20). The van der Waals surface area contributed by atoms with Crippen molar-refractivity contribution in [1.29, 1.82) is 0 Å². The highest BCUT2D eigenvalue weighted by atomic mass is 19.3. The van der Waals surface area contributed by atoms with Crippen LogP contribution in [0.5, 0.6) is 0 Å². The number of hydrazine groups is 1. The first-order valence-electron chi connectivity index (χ1n) is 6.79. The van der Waals surface area contributed by atoms with E-state index in [1.165, 1.54) is 0 Å². The normalized spacial score (nSPS) is 17.2. The van der Waals surface area contributed by atoms with Crippen LogP contribution in [0.25, 0.3) is 0 Å². The number of nitrogens with zero attached hydrogens (tertiary/aromatic N) is 1. The van der Waals surface area contributed by atoms with Crippen LogP contribution in [0.15, 0.2) is 10.6 Å². The number of hydrogen-bond donors (Lipinski definition) is 4. The van der Waals surface area contributed by atoms with E-state index in [0.29, 0.717) is 13.0 Å². The monoisotopic (exact) mass is 331 g/mol. The second kappa shape index (κ2) is 7.63. The Morgan fingerprint density at radius 1 is 1.48 bits per heavy atom. The van der Waals surface area contributed by atoms with Crippen molar-refractivity contribution in [2.75, 3.05) is 19.6 Å². The first-order valence-corrected chi connectivity index (χ1v) is 6.79. The molecule has 1 unspecified atom stereocenters. The number of halogens is 2. The lowest BCUT2D eigenvalue weighted by atomic mass is 10.1. The molecule has 126 valence electrons. The summed E-state index contributed by atoms with van der Waals surface area (Å²) in [6.45, 7) is 0.486. The number of aromatic nitrogens is 1. The maximum Gasteiger partial charge on any atom is 0.298 e. The molecular formula is C12H15F2N5O4. The summed E-state index contributed by atoms with van der Waals surface area (Å²) in [6.07, 6.45) is -2.19. The number of rotatable bonds is 7. The molecule has 1 aromatic rings. The Kier molecular flexibility index (Phi) is 5.57. The van der Waals surface area contributed by atoms with E-state index in [9.17, 15) is 23.2 Å². The molecule has 0 radical (unpaired) electrons. The molecule has 23 heavy (non-hydrogen) atoms. The second-order valence-electron chi connectivity index (χ2n) is 4.80. The minimum absolute atomic E-state index is 0.0825. The molecular weight excluding hydrogens is 316 g/mol. The lowest BCUT2D eigenvalue weighted by molar-refractivity contribution is -0.124. The van der Waals surface area contributed by atoms with E-state index in [2.05, 4.69) is 31.2 Å². The van der Waals surface area contributed by atoms with E-state index in [1.807, 2.05) is 0 Å². The van der Waals surface area contributed by atoms with Crippen molar-refractivity contribution in [1.82, 2.24) is 26.6 Å². The van der Waals surface area contributed by atoms with Crippen LogP contribution in [-0.4, -0.2) is 42.5 Å². The molecule has 2 heterocycles. The number of nitrogens with one attached hydrogen (secondary N) is 4. The summed E-state index contributed by atoms with van der Waals surface area (Å²) in [5, 5.41) is 8.04. The van der Waals surface area contributed by atoms with Gasteiger partial charge in [-0.25, -0.2) is 14.2 Å². The predicted octanol–water partition coefficient (Wildman–Crippen LogP) is -0.901.